The molecule has 0 saturated carbocycles. The van der Waals surface area contributed by atoms with Gasteiger partial charge < -0.3 is 20.1 Å². The molecule has 20 heavy (non-hydrogen) atoms. The van der Waals surface area contributed by atoms with Crippen LogP contribution in [0.1, 0.15) is 33.1 Å². The summed E-state index contributed by atoms with van der Waals surface area (Å²) in [5.41, 5.74) is 0. The Labute approximate surface area is 119 Å². The second-order valence-electron chi connectivity index (χ2n) is 4.60. The highest BCUT2D eigenvalue weighted by atomic mass is 16.5. The van der Waals surface area contributed by atoms with Crippen molar-refractivity contribution in [2.75, 3.05) is 36.9 Å². The molecule has 0 aliphatic carbocycles. The van der Waals surface area contributed by atoms with Crippen LogP contribution < -0.4 is 15.4 Å². The zero-order valence-corrected chi connectivity index (χ0v) is 12.2. The molecule has 1 aliphatic heterocycles. The second-order valence-corrected chi connectivity index (χ2v) is 4.60. The molecule has 0 radical (unpaired) electrons. The summed E-state index contributed by atoms with van der Waals surface area (Å²) in [5.74, 6) is 1.05. The van der Waals surface area contributed by atoms with Crippen molar-refractivity contribution < 1.29 is 9.47 Å². The van der Waals surface area contributed by atoms with Crippen LogP contribution in [0.4, 0.5) is 11.9 Å². The van der Waals surface area contributed by atoms with Gasteiger partial charge in [0.1, 0.15) is 0 Å². The summed E-state index contributed by atoms with van der Waals surface area (Å²) in [7, 11) is 0. The summed E-state index contributed by atoms with van der Waals surface area (Å²) >= 11 is 0. The SMILES string of the molecule is CCNc1nc(NCC2CCCCO2)nc(OCC)n1. The number of ether oxygens (including phenoxy) is 2. The molecule has 2 N–H and O–H groups in total. The van der Waals surface area contributed by atoms with Crippen LogP contribution in [0.2, 0.25) is 0 Å². The largest absolute Gasteiger partial charge is 0.464 e. The molecule has 1 aromatic rings. The third-order valence-corrected chi connectivity index (χ3v) is 2.99. The maximum absolute atomic E-state index is 5.67. The normalized spacial score (nSPS) is 18.6. The highest BCUT2D eigenvalue weighted by molar-refractivity contribution is 5.35. The standard InChI is InChI=1S/C13H23N5O2/c1-3-14-11-16-12(18-13(17-11)19-4-2)15-9-10-7-5-6-8-20-10/h10H,3-9H2,1-2H3,(H2,14,15,16,17,18). The minimum Gasteiger partial charge on any atom is -0.464 e. The first-order chi connectivity index (χ1) is 9.81. The predicted octanol–water partition coefficient (Wildman–Crippen LogP) is 1.68. The van der Waals surface area contributed by atoms with E-state index in [-0.39, 0.29) is 6.10 Å². The fourth-order valence-corrected chi connectivity index (χ4v) is 2.04. The van der Waals surface area contributed by atoms with Crippen molar-refractivity contribution in [3.8, 4) is 6.01 Å². The molecule has 1 saturated heterocycles. The lowest BCUT2D eigenvalue weighted by Crippen LogP contribution is -2.27. The molecular formula is C13H23N5O2. The Morgan fingerprint density at radius 1 is 1.15 bits per heavy atom. The third-order valence-electron chi connectivity index (χ3n) is 2.99. The molecular weight excluding hydrogens is 258 g/mol. The molecule has 1 aromatic heterocycles. The highest BCUT2D eigenvalue weighted by Crippen LogP contribution is 2.15. The van der Waals surface area contributed by atoms with E-state index in [1.807, 2.05) is 13.8 Å². The van der Waals surface area contributed by atoms with E-state index >= 15 is 0 Å². The Balaban J connectivity index is 1.97. The first-order valence-corrected chi connectivity index (χ1v) is 7.30. The lowest BCUT2D eigenvalue weighted by molar-refractivity contribution is 0.0246. The first kappa shape index (κ1) is 14.8. The van der Waals surface area contributed by atoms with Crippen molar-refractivity contribution in [3.63, 3.8) is 0 Å². The van der Waals surface area contributed by atoms with E-state index < -0.39 is 0 Å². The van der Waals surface area contributed by atoms with Crippen LogP contribution in [0, 0.1) is 0 Å². The smallest absolute Gasteiger partial charge is 0.323 e. The number of nitrogens with zero attached hydrogens (tertiary/aromatic N) is 3. The van der Waals surface area contributed by atoms with Crippen molar-refractivity contribution in [2.45, 2.75) is 39.2 Å². The van der Waals surface area contributed by atoms with Crippen LogP contribution in [0.25, 0.3) is 0 Å². The van der Waals surface area contributed by atoms with E-state index in [0.29, 0.717) is 31.1 Å². The predicted molar refractivity (Wildman–Crippen MR) is 77.2 cm³/mol. The van der Waals surface area contributed by atoms with Gasteiger partial charge in [-0.05, 0) is 33.1 Å². The van der Waals surface area contributed by atoms with Gasteiger partial charge in [0.2, 0.25) is 11.9 Å². The van der Waals surface area contributed by atoms with Crippen molar-refractivity contribution in [2.24, 2.45) is 0 Å². The zero-order valence-electron chi connectivity index (χ0n) is 12.2. The summed E-state index contributed by atoms with van der Waals surface area (Å²) in [6, 6.07) is 0.338. The summed E-state index contributed by atoms with van der Waals surface area (Å²) in [6.45, 7) is 6.73. The van der Waals surface area contributed by atoms with E-state index in [4.69, 9.17) is 9.47 Å². The van der Waals surface area contributed by atoms with Crippen molar-refractivity contribution in [1.29, 1.82) is 0 Å². The number of anilines is 2. The number of nitrogens with one attached hydrogen (secondary N) is 2. The van der Waals surface area contributed by atoms with Crippen LogP contribution in [-0.2, 0) is 4.74 Å². The highest BCUT2D eigenvalue weighted by Gasteiger charge is 2.14. The lowest BCUT2D eigenvalue weighted by atomic mass is 10.1. The quantitative estimate of drug-likeness (QED) is 0.787. The van der Waals surface area contributed by atoms with Crippen LogP contribution >= 0.6 is 0 Å². The third kappa shape index (κ3) is 4.48. The maximum Gasteiger partial charge on any atom is 0.323 e. The molecule has 0 aromatic carbocycles. The second kappa shape index (κ2) is 7.84. The fraction of sp³-hybridized carbons (Fsp3) is 0.769. The Morgan fingerprint density at radius 3 is 2.60 bits per heavy atom. The van der Waals surface area contributed by atoms with Crippen molar-refractivity contribution >= 4 is 11.9 Å². The lowest BCUT2D eigenvalue weighted by Gasteiger charge is -2.22. The molecule has 1 aliphatic rings. The van der Waals surface area contributed by atoms with E-state index in [0.717, 1.165) is 26.0 Å². The minimum absolute atomic E-state index is 0.235. The molecule has 2 rings (SSSR count). The minimum atomic E-state index is 0.235. The van der Waals surface area contributed by atoms with Gasteiger partial charge in [0.05, 0.1) is 12.7 Å². The van der Waals surface area contributed by atoms with E-state index in [1.165, 1.54) is 6.42 Å². The van der Waals surface area contributed by atoms with E-state index in [1.54, 1.807) is 0 Å². The zero-order chi connectivity index (χ0) is 14.2. The van der Waals surface area contributed by atoms with Gasteiger partial charge in [-0.3, -0.25) is 0 Å². The average Bonchev–Trinajstić information content (AvgIpc) is 2.47. The fourth-order valence-electron chi connectivity index (χ4n) is 2.04. The van der Waals surface area contributed by atoms with Gasteiger partial charge in [-0.1, -0.05) is 0 Å². The van der Waals surface area contributed by atoms with Crippen LogP contribution in [0.3, 0.4) is 0 Å². The van der Waals surface area contributed by atoms with Crippen molar-refractivity contribution in [3.05, 3.63) is 0 Å². The van der Waals surface area contributed by atoms with Crippen LogP contribution in [0.15, 0.2) is 0 Å². The summed E-state index contributed by atoms with van der Waals surface area (Å²) in [5, 5.41) is 6.28. The summed E-state index contributed by atoms with van der Waals surface area (Å²) in [6.07, 6.45) is 3.69. The molecule has 1 atom stereocenters. The molecule has 112 valence electrons. The molecule has 1 fully saturated rings. The van der Waals surface area contributed by atoms with Gasteiger partial charge in [-0.2, -0.15) is 15.0 Å². The number of hydrogen-bond acceptors (Lipinski definition) is 7. The Kier molecular flexibility index (Phi) is 5.79. The summed E-state index contributed by atoms with van der Waals surface area (Å²) < 4.78 is 11.0. The Hall–Kier alpha value is -1.63. The Bertz CT molecular complexity index is 385. The number of aromatic nitrogens is 3. The van der Waals surface area contributed by atoms with Gasteiger partial charge in [-0.25, -0.2) is 0 Å². The molecule has 7 heteroatoms. The molecule has 0 bridgehead atoms. The molecule has 7 nitrogen and oxygen atoms in total. The molecule has 2 heterocycles. The van der Waals surface area contributed by atoms with E-state index in [2.05, 4.69) is 25.6 Å². The van der Waals surface area contributed by atoms with Crippen molar-refractivity contribution in [1.82, 2.24) is 15.0 Å². The van der Waals surface area contributed by atoms with Gasteiger partial charge >= 0.3 is 6.01 Å². The van der Waals surface area contributed by atoms with Crippen LogP contribution in [-0.4, -0.2) is 47.4 Å². The summed E-state index contributed by atoms with van der Waals surface area (Å²) in [4.78, 5) is 12.7. The van der Waals surface area contributed by atoms with Gasteiger partial charge in [0.15, 0.2) is 0 Å². The van der Waals surface area contributed by atoms with Gasteiger partial charge in [-0.15, -0.1) is 0 Å². The molecule has 0 amide bonds. The monoisotopic (exact) mass is 281 g/mol. The molecule has 1 unspecified atom stereocenters. The number of rotatable bonds is 7. The van der Waals surface area contributed by atoms with Gasteiger partial charge in [0, 0.05) is 19.7 Å². The topological polar surface area (TPSA) is 81.2 Å². The Morgan fingerprint density at radius 2 is 1.95 bits per heavy atom. The van der Waals surface area contributed by atoms with Gasteiger partial charge in [0.25, 0.3) is 0 Å². The first-order valence-electron chi connectivity index (χ1n) is 7.30. The molecule has 0 spiro atoms. The maximum atomic E-state index is 5.67. The van der Waals surface area contributed by atoms with E-state index in [9.17, 15) is 0 Å². The average molecular weight is 281 g/mol. The number of hydrogen-bond donors (Lipinski definition) is 2. The van der Waals surface area contributed by atoms with Crippen LogP contribution in [0.5, 0.6) is 6.01 Å².